The topological polar surface area (TPSA) is 52.7 Å². The van der Waals surface area contributed by atoms with Crippen LogP contribution in [0.1, 0.15) is 9.67 Å². The Morgan fingerprint density at radius 1 is 1.22 bits per heavy atom. The van der Waals surface area contributed by atoms with Crippen molar-refractivity contribution >= 4 is 33.2 Å². The third-order valence-electron chi connectivity index (χ3n) is 4.27. The van der Waals surface area contributed by atoms with Crippen LogP contribution in [-0.4, -0.2) is 61.9 Å². The molecule has 1 aliphatic rings. The molecule has 1 N–H and O–H groups in total. The Morgan fingerprint density at radius 3 is 2.74 bits per heavy atom. The molecule has 1 aromatic carbocycles. The molecule has 122 valence electrons. The van der Waals surface area contributed by atoms with Gasteiger partial charge >= 0.3 is 0 Å². The average molecular weight is 331 g/mol. The Labute approximate surface area is 139 Å². The summed E-state index contributed by atoms with van der Waals surface area (Å²) in [6, 6.07) is 9.96. The molecule has 2 amide bonds. The number of likely N-dealkylation sites (N-methyl/N-ethyl adjacent to an activating group) is 1. The molecule has 0 aliphatic carbocycles. The summed E-state index contributed by atoms with van der Waals surface area (Å²) in [7, 11) is 3.63. The Morgan fingerprint density at radius 2 is 2.00 bits per heavy atom. The van der Waals surface area contributed by atoms with Gasteiger partial charge in [-0.2, -0.15) is 0 Å². The molecule has 1 atom stereocenters. The lowest BCUT2D eigenvalue weighted by Crippen LogP contribution is -2.41. The number of carbonyl (C=O) groups is 2. The number of nitrogens with zero attached hydrogens (tertiary/aromatic N) is 2. The highest BCUT2D eigenvalue weighted by Crippen LogP contribution is 2.26. The summed E-state index contributed by atoms with van der Waals surface area (Å²) in [6.07, 6.45) is 0. The van der Waals surface area contributed by atoms with Crippen LogP contribution in [0.3, 0.4) is 0 Å². The summed E-state index contributed by atoms with van der Waals surface area (Å²) in [6.45, 7) is 2.58. The van der Waals surface area contributed by atoms with Crippen LogP contribution in [0.25, 0.3) is 10.1 Å². The molecule has 23 heavy (non-hydrogen) atoms. The van der Waals surface area contributed by atoms with E-state index in [0.29, 0.717) is 19.6 Å². The second-order valence-electron chi connectivity index (χ2n) is 5.97. The minimum Gasteiger partial charge on any atom is -0.359 e. The minimum absolute atomic E-state index is 0.00658. The highest BCUT2D eigenvalue weighted by molar-refractivity contribution is 7.20. The molecule has 2 aromatic rings. The SMILES string of the molecule is CNC(=O)[C@@H]1CN(C)CCN(C(=O)c2cc3ccccc3s2)C1. The lowest BCUT2D eigenvalue weighted by Gasteiger charge is -2.22. The number of benzene rings is 1. The molecule has 0 spiro atoms. The third-order valence-corrected chi connectivity index (χ3v) is 5.37. The quantitative estimate of drug-likeness (QED) is 0.910. The highest BCUT2D eigenvalue weighted by atomic mass is 32.1. The van der Waals surface area contributed by atoms with Crippen molar-refractivity contribution in [2.75, 3.05) is 40.3 Å². The molecule has 5 nitrogen and oxygen atoms in total. The van der Waals surface area contributed by atoms with E-state index in [-0.39, 0.29) is 17.7 Å². The molecule has 6 heteroatoms. The summed E-state index contributed by atoms with van der Waals surface area (Å²) in [5.74, 6) is -0.172. The van der Waals surface area contributed by atoms with Gasteiger partial charge < -0.3 is 15.1 Å². The van der Waals surface area contributed by atoms with Crippen LogP contribution in [0.15, 0.2) is 30.3 Å². The van der Waals surface area contributed by atoms with Crippen molar-refractivity contribution in [3.63, 3.8) is 0 Å². The third kappa shape index (κ3) is 3.38. The maximum atomic E-state index is 12.9. The molecule has 0 radical (unpaired) electrons. The molecule has 1 aromatic heterocycles. The molecule has 1 fully saturated rings. The zero-order chi connectivity index (χ0) is 16.4. The first-order valence-corrected chi connectivity index (χ1v) is 8.58. The lowest BCUT2D eigenvalue weighted by atomic mass is 10.1. The van der Waals surface area contributed by atoms with Gasteiger partial charge in [-0.1, -0.05) is 18.2 Å². The number of rotatable bonds is 2. The predicted octanol–water partition coefficient (Wildman–Crippen LogP) is 1.65. The van der Waals surface area contributed by atoms with Crippen LogP contribution in [0.5, 0.6) is 0 Å². The van der Waals surface area contributed by atoms with Crippen molar-refractivity contribution in [2.45, 2.75) is 0 Å². The van der Waals surface area contributed by atoms with Crippen molar-refractivity contribution in [1.29, 1.82) is 0 Å². The van der Waals surface area contributed by atoms with E-state index in [4.69, 9.17) is 0 Å². The van der Waals surface area contributed by atoms with E-state index in [9.17, 15) is 9.59 Å². The smallest absolute Gasteiger partial charge is 0.264 e. The minimum atomic E-state index is -0.189. The second kappa shape index (κ2) is 6.68. The van der Waals surface area contributed by atoms with Gasteiger partial charge in [-0.3, -0.25) is 9.59 Å². The van der Waals surface area contributed by atoms with E-state index in [0.717, 1.165) is 21.5 Å². The number of hydrogen-bond acceptors (Lipinski definition) is 4. The Kier molecular flexibility index (Phi) is 4.63. The van der Waals surface area contributed by atoms with Gasteiger partial charge in [0.2, 0.25) is 5.91 Å². The number of carbonyl (C=O) groups excluding carboxylic acids is 2. The number of thiophene rings is 1. The van der Waals surface area contributed by atoms with Gasteiger partial charge in [0.15, 0.2) is 0 Å². The molecule has 1 saturated heterocycles. The molecule has 1 aliphatic heterocycles. The van der Waals surface area contributed by atoms with Gasteiger partial charge in [0.25, 0.3) is 5.91 Å². The fourth-order valence-electron chi connectivity index (χ4n) is 2.97. The summed E-state index contributed by atoms with van der Waals surface area (Å²) >= 11 is 1.52. The van der Waals surface area contributed by atoms with Crippen LogP contribution in [-0.2, 0) is 4.79 Å². The van der Waals surface area contributed by atoms with Crippen LogP contribution < -0.4 is 5.32 Å². The zero-order valence-electron chi connectivity index (χ0n) is 13.4. The molecular formula is C17H21N3O2S. The fraction of sp³-hybridized carbons (Fsp3) is 0.412. The van der Waals surface area contributed by atoms with Gasteiger partial charge in [0.05, 0.1) is 10.8 Å². The number of fused-ring (bicyclic) bond motifs is 1. The fourth-order valence-corrected chi connectivity index (χ4v) is 4.00. The number of nitrogens with one attached hydrogen (secondary N) is 1. The zero-order valence-corrected chi connectivity index (χ0v) is 14.2. The predicted molar refractivity (Wildman–Crippen MR) is 92.8 cm³/mol. The highest BCUT2D eigenvalue weighted by Gasteiger charge is 2.29. The van der Waals surface area contributed by atoms with Crippen LogP contribution in [0, 0.1) is 5.92 Å². The Hall–Kier alpha value is -1.92. The van der Waals surface area contributed by atoms with E-state index in [1.54, 1.807) is 7.05 Å². The van der Waals surface area contributed by atoms with Gasteiger partial charge in [-0.05, 0) is 24.6 Å². The van der Waals surface area contributed by atoms with E-state index in [1.807, 2.05) is 42.3 Å². The van der Waals surface area contributed by atoms with Crippen molar-refractivity contribution < 1.29 is 9.59 Å². The van der Waals surface area contributed by atoms with Crippen molar-refractivity contribution in [3.8, 4) is 0 Å². The standard InChI is InChI=1S/C17H21N3O2S/c1-18-16(21)13-10-19(2)7-8-20(11-13)17(22)15-9-12-5-3-4-6-14(12)23-15/h3-6,9,13H,7-8,10-11H2,1-2H3,(H,18,21)/t13-/m1/s1. The number of amides is 2. The first kappa shape index (κ1) is 16.0. The summed E-state index contributed by atoms with van der Waals surface area (Å²) in [5, 5.41) is 3.80. The normalized spacial score (nSPS) is 19.6. The van der Waals surface area contributed by atoms with E-state index >= 15 is 0 Å². The first-order valence-electron chi connectivity index (χ1n) is 7.76. The van der Waals surface area contributed by atoms with Gasteiger partial charge in [0, 0.05) is 37.9 Å². The number of hydrogen-bond donors (Lipinski definition) is 1. The largest absolute Gasteiger partial charge is 0.359 e. The average Bonchev–Trinajstić information content (AvgIpc) is 2.90. The first-order chi connectivity index (χ1) is 11.1. The van der Waals surface area contributed by atoms with Crippen molar-refractivity contribution in [2.24, 2.45) is 5.92 Å². The van der Waals surface area contributed by atoms with Gasteiger partial charge in [-0.15, -0.1) is 11.3 Å². The Bertz CT molecular complexity index is 694. The maximum Gasteiger partial charge on any atom is 0.264 e. The van der Waals surface area contributed by atoms with Crippen LogP contribution in [0.2, 0.25) is 0 Å². The molecule has 2 heterocycles. The molecule has 0 unspecified atom stereocenters. The van der Waals surface area contributed by atoms with Crippen LogP contribution in [0.4, 0.5) is 0 Å². The summed E-state index contributed by atoms with van der Waals surface area (Å²) < 4.78 is 1.12. The van der Waals surface area contributed by atoms with Crippen molar-refractivity contribution in [3.05, 3.63) is 35.2 Å². The summed E-state index contributed by atoms with van der Waals surface area (Å²) in [5.41, 5.74) is 0. The van der Waals surface area contributed by atoms with Gasteiger partial charge in [-0.25, -0.2) is 0 Å². The van der Waals surface area contributed by atoms with Crippen molar-refractivity contribution in [1.82, 2.24) is 15.1 Å². The maximum absolute atomic E-state index is 12.9. The lowest BCUT2D eigenvalue weighted by molar-refractivity contribution is -0.125. The molecule has 0 bridgehead atoms. The molecule has 0 saturated carbocycles. The Balaban J connectivity index is 1.83. The van der Waals surface area contributed by atoms with E-state index < -0.39 is 0 Å². The van der Waals surface area contributed by atoms with Crippen LogP contribution >= 0.6 is 11.3 Å². The molecule has 3 rings (SSSR count). The monoisotopic (exact) mass is 331 g/mol. The van der Waals surface area contributed by atoms with E-state index in [2.05, 4.69) is 10.2 Å². The van der Waals surface area contributed by atoms with E-state index in [1.165, 1.54) is 11.3 Å². The second-order valence-corrected chi connectivity index (χ2v) is 7.06. The molecular weight excluding hydrogens is 310 g/mol. The van der Waals surface area contributed by atoms with Gasteiger partial charge in [0.1, 0.15) is 0 Å². The summed E-state index contributed by atoms with van der Waals surface area (Å²) in [4.78, 5) is 29.6.